The summed E-state index contributed by atoms with van der Waals surface area (Å²) < 4.78 is 17.3. The number of anilines is 1. The van der Waals surface area contributed by atoms with E-state index in [9.17, 15) is 9.59 Å². The number of nitrogens with one attached hydrogen (secondary N) is 2. The molecule has 1 atom stereocenters. The van der Waals surface area contributed by atoms with Crippen molar-refractivity contribution >= 4 is 33.3 Å². The van der Waals surface area contributed by atoms with Gasteiger partial charge in [0.25, 0.3) is 5.91 Å². The first-order valence-corrected chi connectivity index (χ1v) is 12.3. The van der Waals surface area contributed by atoms with Crippen LogP contribution in [0.4, 0.5) is 5.69 Å². The third-order valence-electron chi connectivity index (χ3n) is 6.64. The fraction of sp³-hybridized carbons (Fsp3) is 0.333. The third kappa shape index (κ3) is 4.20. The van der Waals surface area contributed by atoms with Gasteiger partial charge in [0.2, 0.25) is 6.79 Å². The average Bonchev–Trinajstić information content (AvgIpc) is 3.24. The van der Waals surface area contributed by atoms with Crippen LogP contribution < -0.4 is 24.8 Å². The highest BCUT2D eigenvalue weighted by Gasteiger charge is 2.43. The van der Waals surface area contributed by atoms with Crippen molar-refractivity contribution in [1.29, 1.82) is 0 Å². The Kier molecular flexibility index (Phi) is 5.87. The zero-order valence-electron chi connectivity index (χ0n) is 20.1. The van der Waals surface area contributed by atoms with Gasteiger partial charge in [-0.05, 0) is 48.6 Å². The molecule has 2 aromatic carbocycles. The molecule has 35 heavy (non-hydrogen) atoms. The van der Waals surface area contributed by atoms with Crippen LogP contribution in [0.5, 0.6) is 17.2 Å². The average molecular weight is 539 g/mol. The molecule has 5 rings (SSSR count). The Morgan fingerprint density at radius 3 is 2.63 bits per heavy atom. The van der Waals surface area contributed by atoms with Gasteiger partial charge < -0.3 is 24.8 Å². The van der Waals surface area contributed by atoms with E-state index in [4.69, 9.17) is 14.2 Å². The number of carbonyl (C=O) groups excluding carboxylic acids is 2. The maximum absolute atomic E-state index is 13.8. The molecule has 2 N–H and O–H groups in total. The molecule has 0 aromatic heterocycles. The maximum Gasteiger partial charge on any atom is 0.254 e. The van der Waals surface area contributed by atoms with Crippen molar-refractivity contribution in [1.82, 2.24) is 5.32 Å². The number of para-hydroxylation sites is 2. The van der Waals surface area contributed by atoms with Crippen LogP contribution in [0.3, 0.4) is 0 Å². The van der Waals surface area contributed by atoms with Crippen molar-refractivity contribution in [2.45, 2.75) is 39.5 Å². The van der Waals surface area contributed by atoms with Crippen molar-refractivity contribution < 1.29 is 23.8 Å². The molecule has 0 spiro atoms. The summed E-state index contributed by atoms with van der Waals surface area (Å²) in [6, 6.07) is 10.9. The van der Waals surface area contributed by atoms with Gasteiger partial charge in [-0.1, -0.05) is 41.9 Å². The van der Waals surface area contributed by atoms with E-state index in [0.29, 0.717) is 52.6 Å². The van der Waals surface area contributed by atoms with Gasteiger partial charge in [-0.3, -0.25) is 9.59 Å². The minimum absolute atomic E-state index is 0.0356. The van der Waals surface area contributed by atoms with Crippen molar-refractivity contribution in [3.63, 3.8) is 0 Å². The number of carbonyl (C=O) groups is 2. The number of benzene rings is 2. The highest BCUT2D eigenvalue weighted by atomic mass is 79.9. The Hall–Kier alpha value is -3.26. The zero-order valence-corrected chi connectivity index (χ0v) is 21.7. The maximum atomic E-state index is 13.8. The number of amides is 1. The fourth-order valence-corrected chi connectivity index (χ4v) is 5.69. The number of rotatable bonds is 4. The Balaban J connectivity index is 1.65. The van der Waals surface area contributed by atoms with Gasteiger partial charge in [0.1, 0.15) is 5.75 Å². The molecule has 1 amide bonds. The topological polar surface area (TPSA) is 85.9 Å². The Morgan fingerprint density at radius 1 is 1.17 bits per heavy atom. The molecule has 182 valence electrons. The van der Waals surface area contributed by atoms with Gasteiger partial charge in [-0.15, -0.1) is 0 Å². The van der Waals surface area contributed by atoms with E-state index < -0.39 is 5.92 Å². The molecule has 0 saturated heterocycles. The molecule has 2 heterocycles. The minimum Gasteiger partial charge on any atom is -0.495 e. The van der Waals surface area contributed by atoms with E-state index in [1.807, 2.05) is 31.2 Å². The lowest BCUT2D eigenvalue weighted by Crippen LogP contribution is -2.39. The smallest absolute Gasteiger partial charge is 0.254 e. The van der Waals surface area contributed by atoms with E-state index in [2.05, 4.69) is 40.4 Å². The van der Waals surface area contributed by atoms with Gasteiger partial charge >= 0.3 is 0 Å². The van der Waals surface area contributed by atoms with E-state index in [1.54, 1.807) is 19.2 Å². The number of halogens is 1. The number of fused-ring (bicyclic) bond motifs is 1. The van der Waals surface area contributed by atoms with E-state index >= 15 is 0 Å². The summed E-state index contributed by atoms with van der Waals surface area (Å²) in [7, 11) is 1.56. The molecule has 2 aliphatic heterocycles. The lowest BCUT2D eigenvalue weighted by molar-refractivity contribution is -0.118. The number of methoxy groups -OCH3 is 1. The lowest BCUT2D eigenvalue weighted by Gasteiger charge is -2.40. The summed E-state index contributed by atoms with van der Waals surface area (Å²) in [5.74, 6) is 0.925. The second-order valence-corrected chi connectivity index (χ2v) is 10.7. The molecule has 2 aromatic rings. The van der Waals surface area contributed by atoms with Gasteiger partial charge in [0.15, 0.2) is 17.3 Å². The van der Waals surface area contributed by atoms with Crippen LogP contribution in [0.15, 0.2) is 63.4 Å². The Morgan fingerprint density at radius 2 is 1.89 bits per heavy atom. The molecular formula is C27H27BrN2O5. The number of allylic oxidation sites excluding steroid dienone is 3. The SMILES string of the molecule is COc1ccccc1NC(=O)C1=C(C)NC2=C(C(=O)CC(C)(C)C2)[C@@H]1c1cc2c(cc1Br)OCO2. The van der Waals surface area contributed by atoms with E-state index in [1.165, 1.54) is 0 Å². The first-order valence-electron chi connectivity index (χ1n) is 11.5. The van der Waals surface area contributed by atoms with Gasteiger partial charge in [-0.2, -0.15) is 0 Å². The van der Waals surface area contributed by atoms with Crippen molar-refractivity contribution in [3.8, 4) is 17.2 Å². The molecule has 0 saturated carbocycles. The van der Waals surface area contributed by atoms with Crippen LogP contribution in [0.1, 0.15) is 45.1 Å². The second-order valence-electron chi connectivity index (χ2n) is 9.81. The number of Topliss-reactive ketones (excluding diaryl/α,β-unsaturated/α-hetero) is 1. The molecule has 3 aliphatic rings. The molecule has 8 heteroatoms. The zero-order chi connectivity index (χ0) is 24.9. The van der Waals surface area contributed by atoms with Crippen LogP contribution in [0.25, 0.3) is 0 Å². The number of dihydropyridines is 1. The third-order valence-corrected chi connectivity index (χ3v) is 7.33. The Bertz CT molecular complexity index is 1310. The standard InChI is InChI=1S/C27H27BrN2O5/c1-14-23(26(32)30-17-7-5-6-8-20(17)33-4)24(15-9-21-22(10-16(15)28)35-13-34-21)25-18(29-14)11-27(2,3)12-19(25)31/h5-10,24,29H,11-13H2,1-4H3,(H,30,32)/t24-/m1/s1. The normalized spacial score (nSPS) is 20.4. The van der Waals surface area contributed by atoms with Crippen LogP contribution in [-0.2, 0) is 9.59 Å². The van der Waals surface area contributed by atoms with E-state index in [-0.39, 0.29) is 23.9 Å². The quantitative estimate of drug-likeness (QED) is 0.539. The van der Waals surface area contributed by atoms with Gasteiger partial charge in [0, 0.05) is 39.4 Å². The van der Waals surface area contributed by atoms with Crippen molar-refractivity contribution in [3.05, 3.63) is 69.0 Å². The summed E-state index contributed by atoms with van der Waals surface area (Å²) in [6.07, 6.45) is 1.12. The van der Waals surface area contributed by atoms with Crippen molar-refractivity contribution in [2.24, 2.45) is 5.41 Å². The summed E-state index contributed by atoms with van der Waals surface area (Å²) in [6.45, 7) is 6.19. The van der Waals surface area contributed by atoms with Crippen LogP contribution in [0.2, 0.25) is 0 Å². The minimum atomic E-state index is -0.576. The van der Waals surface area contributed by atoms with Crippen LogP contribution in [0, 0.1) is 5.41 Å². The molecule has 7 nitrogen and oxygen atoms in total. The number of ether oxygens (including phenoxy) is 3. The molecule has 0 radical (unpaired) electrons. The van der Waals surface area contributed by atoms with Crippen LogP contribution in [-0.4, -0.2) is 25.6 Å². The largest absolute Gasteiger partial charge is 0.495 e. The molecule has 0 fully saturated rings. The number of ketones is 1. The molecule has 0 unspecified atom stereocenters. The lowest BCUT2D eigenvalue weighted by atomic mass is 9.68. The summed E-state index contributed by atoms with van der Waals surface area (Å²) in [5.41, 5.74) is 3.84. The fourth-order valence-electron chi connectivity index (χ4n) is 5.14. The molecule has 0 bridgehead atoms. The number of hydrogen-bond acceptors (Lipinski definition) is 6. The van der Waals surface area contributed by atoms with Gasteiger partial charge in [0.05, 0.1) is 12.8 Å². The monoisotopic (exact) mass is 538 g/mol. The molecular weight excluding hydrogens is 512 g/mol. The van der Waals surface area contributed by atoms with Crippen molar-refractivity contribution in [2.75, 3.05) is 19.2 Å². The first kappa shape index (κ1) is 23.5. The first-order chi connectivity index (χ1) is 16.7. The molecule has 1 aliphatic carbocycles. The highest BCUT2D eigenvalue weighted by Crippen LogP contribution is 2.50. The highest BCUT2D eigenvalue weighted by molar-refractivity contribution is 9.10. The summed E-state index contributed by atoms with van der Waals surface area (Å²) >= 11 is 3.67. The second kappa shape index (κ2) is 8.75. The predicted octanol–water partition coefficient (Wildman–Crippen LogP) is 5.43. The van der Waals surface area contributed by atoms with Gasteiger partial charge in [-0.25, -0.2) is 0 Å². The van der Waals surface area contributed by atoms with Crippen LogP contribution >= 0.6 is 15.9 Å². The Labute approximate surface area is 212 Å². The summed E-state index contributed by atoms with van der Waals surface area (Å²) in [5, 5.41) is 6.39. The predicted molar refractivity (Wildman–Crippen MR) is 136 cm³/mol. The van der Waals surface area contributed by atoms with E-state index in [0.717, 1.165) is 15.7 Å². The summed E-state index contributed by atoms with van der Waals surface area (Å²) in [4.78, 5) is 27.4. The number of hydrogen-bond donors (Lipinski definition) is 2.